The molecule has 4 heteroatoms. The predicted molar refractivity (Wildman–Crippen MR) is 159 cm³/mol. The lowest BCUT2D eigenvalue weighted by Crippen LogP contribution is -2.27. The monoisotopic (exact) mass is 524 g/mol. The number of esters is 1. The average Bonchev–Trinajstić information content (AvgIpc) is 2.90. The molecule has 37 heavy (non-hydrogen) atoms. The van der Waals surface area contributed by atoms with Crippen molar-refractivity contribution in [3.05, 3.63) is 12.2 Å². The first-order valence-electron chi connectivity index (χ1n) is 16.3. The summed E-state index contributed by atoms with van der Waals surface area (Å²) >= 11 is 0. The molecule has 0 saturated heterocycles. The number of hydrogen-bond donors (Lipinski definition) is 1. The molecule has 0 fully saturated rings. The van der Waals surface area contributed by atoms with Gasteiger partial charge in [0.25, 0.3) is 0 Å². The first-order valence-corrected chi connectivity index (χ1v) is 16.3. The van der Waals surface area contributed by atoms with Crippen LogP contribution >= 0.6 is 0 Å². The summed E-state index contributed by atoms with van der Waals surface area (Å²) in [5.41, 5.74) is 0. The van der Waals surface area contributed by atoms with Crippen LogP contribution < -0.4 is 0 Å². The zero-order valence-electron chi connectivity index (χ0n) is 25.0. The van der Waals surface area contributed by atoms with Crippen LogP contribution in [0.1, 0.15) is 168 Å². The molecule has 1 N–H and O–H groups in total. The maximum absolute atomic E-state index is 12.1. The van der Waals surface area contributed by atoms with Crippen LogP contribution in [0.2, 0.25) is 0 Å². The number of hydrogen-bond acceptors (Lipinski definition) is 4. The fourth-order valence-electron chi connectivity index (χ4n) is 4.62. The highest BCUT2D eigenvalue weighted by Crippen LogP contribution is 2.13. The maximum Gasteiger partial charge on any atom is 0.306 e. The van der Waals surface area contributed by atoms with Crippen LogP contribution in [0.4, 0.5) is 0 Å². The Morgan fingerprint density at radius 3 is 1.59 bits per heavy atom. The van der Waals surface area contributed by atoms with E-state index in [2.05, 4.69) is 26.0 Å². The van der Waals surface area contributed by atoms with Gasteiger partial charge >= 0.3 is 5.97 Å². The minimum absolute atomic E-state index is 0.170. The number of aliphatic hydroxyl groups is 1. The Labute approximate surface area is 231 Å². The first-order chi connectivity index (χ1) is 18.2. The lowest BCUT2D eigenvalue weighted by atomic mass is 10.0. The Morgan fingerprint density at radius 2 is 1.05 bits per heavy atom. The SMILES string of the molecule is CCCCC/C=C\CCCCCCCC(=O)OC(CO)COCCCCCCCCCCCCCCC. The van der Waals surface area contributed by atoms with E-state index in [9.17, 15) is 9.90 Å². The number of carbonyl (C=O) groups excluding carboxylic acids is 1. The summed E-state index contributed by atoms with van der Waals surface area (Å²) < 4.78 is 11.1. The maximum atomic E-state index is 12.1. The molecule has 0 aromatic carbocycles. The summed E-state index contributed by atoms with van der Waals surface area (Å²) in [4.78, 5) is 12.1. The largest absolute Gasteiger partial charge is 0.457 e. The van der Waals surface area contributed by atoms with Gasteiger partial charge in [-0.2, -0.15) is 0 Å². The van der Waals surface area contributed by atoms with Crippen LogP contribution in [0.15, 0.2) is 12.2 Å². The highest BCUT2D eigenvalue weighted by atomic mass is 16.6. The average molecular weight is 525 g/mol. The van der Waals surface area contributed by atoms with Gasteiger partial charge in [0.1, 0.15) is 6.10 Å². The summed E-state index contributed by atoms with van der Waals surface area (Å²) in [6.45, 7) is 5.32. The van der Waals surface area contributed by atoms with E-state index in [1.807, 2.05) is 0 Å². The number of carbonyl (C=O) groups is 1. The van der Waals surface area contributed by atoms with Crippen molar-refractivity contribution in [3.8, 4) is 0 Å². The zero-order valence-corrected chi connectivity index (χ0v) is 25.0. The molecule has 0 aliphatic rings. The molecule has 0 aliphatic carbocycles. The van der Waals surface area contributed by atoms with Gasteiger partial charge in [0.15, 0.2) is 0 Å². The number of aliphatic hydroxyl groups excluding tert-OH is 1. The van der Waals surface area contributed by atoms with E-state index in [4.69, 9.17) is 9.47 Å². The van der Waals surface area contributed by atoms with E-state index < -0.39 is 6.10 Å². The van der Waals surface area contributed by atoms with Crippen LogP contribution in [-0.2, 0) is 14.3 Å². The Balaban J connectivity index is 3.44. The second-order valence-corrected chi connectivity index (χ2v) is 10.9. The van der Waals surface area contributed by atoms with E-state index >= 15 is 0 Å². The summed E-state index contributed by atoms with van der Waals surface area (Å²) in [6.07, 6.45) is 33.8. The van der Waals surface area contributed by atoms with Gasteiger partial charge in [0.2, 0.25) is 0 Å². The summed E-state index contributed by atoms with van der Waals surface area (Å²) in [7, 11) is 0. The highest BCUT2D eigenvalue weighted by Gasteiger charge is 2.13. The second-order valence-electron chi connectivity index (χ2n) is 10.9. The molecule has 0 spiro atoms. The molecular weight excluding hydrogens is 460 g/mol. The van der Waals surface area contributed by atoms with Crippen molar-refractivity contribution < 1.29 is 19.4 Å². The minimum atomic E-state index is -0.529. The van der Waals surface area contributed by atoms with Crippen molar-refractivity contribution in [2.24, 2.45) is 0 Å². The molecule has 0 bridgehead atoms. The molecule has 0 aliphatic heterocycles. The van der Waals surface area contributed by atoms with Crippen LogP contribution in [0, 0.1) is 0 Å². The molecule has 0 rings (SSSR count). The third kappa shape index (κ3) is 29.5. The lowest BCUT2D eigenvalue weighted by molar-refractivity contribution is -0.154. The van der Waals surface area contributed by atoms with Crippen LogP contribution in [0.25, 0.3) is 0 Å². The van der Waals surface area contributed by atoms with Gasteiger partial charge in [-0.05, 0) is 38.5 Å². The summed E-state index contributed by atoms with van der Waals surface area (Å²) in [5, 5.41) is 9.50. The Morgan fingerprint density at radius 1 is 0.622 bits per heavy atom. The third-order valence-corrected chi connectivity index (χ3v) is 7.09. The van der Waals surface area contributed by atoms with Crippen molar-refractivity contribution in [1.29, 1.82) is 0 Å². The normalized spacial score (nSPS) is 12.4. The summed E-state index contributed by atoms with van der Waals surface area (Å²) in [5.74, 6) is -0.210. The molecule has 220 valence electrons. The van der Waals surface area contributed by atoms with Crippen molar-refractivity contribution >= 4 is 5.97 Å². The predicted octanol–water partition coefficient (Wildman–Crippen LogP) is 9.87. The van der Waals surface area contributed by atoms with E-state index in [0.29, 0.717) is 19.6 Å². The zero-order chi connectivity index (χ0) is 27.1. The van der Waals surface area contributed by atoms with Crippen molar-refractivity contribution in [3.63, 3.8) is 0 Å². The lowest BCUT2D eigenvalue weighted by Gasteiger charge is -2.15. The van der Waals surface area contributed by atoms with Crippen LogP contribution in [0.3, 0.4) is 0 Å². The van der Waals surface area contributed by atoms with E-state index in [0.717, 1.165) is 19.3 Å². The molecule has 0 radical (unpaired) electrons. The molecule has 0 amide bonds. The number of unbranched alkanes of at least 4 members (excludes halogenated alkanes) is 20. The van der Waals surface area contributed by atoms with E-state index in [-0.39, 0.29) is 12.6 Å². The standard InChI is InChI=1S/C33H64O4/c1-3-5-7-9-11-13-15-17-19-21-23-25-27-29-36-31-32(30-34)37-33(35)28-26-24-22-20-18-16-14-12-10-8-6-4-2/h12,14,32,34H,3-11,13,15-31H2,1-2H3/b14-12-. The fourth-order valence-corrected chi connectivity index (χ4v) is 4.62. The van der Waals surface area contributed by atoms with Gasteiger partial charge < -0.3 is 14.6 Å². The Hall–Kier alpha value is -0.870. The fraction of sp³-hybridized carbons (Fsp3) is 0.909. The second kappa shape index (κ2) is 31.3. The van der Waals surface area contributed by atoms with Crippen LogP contribution in [-0.4, -0.2) is 37.0 Å². The Kier molecular flexibility index (Phi) is 30.6. The topological polar surface area (TPSA) is 55.8 Å². The van der Waals surface area contributed by atoms with Crippen molar-refractivity contribution in [1.82, 2.24) is 0 Å². The Bertz CT molecular complexity index is 477. The van der Waals surface area contributed by atoms with Crippen molar-refractivity contribution in [2.75, 3.05) is 19.8 Å². The molecule has 1 unspecified atom stereocenters. The van der Waals surface area contributed by atoms with Gasteiger partial charge in [-0.25, -0.2) is 0 Å². The van der Waals surface area contributed by atoms with Crippen molar-refractivity contribution in [2.45, 2.75) is 174 Å². The van der Waals surface area contributed by atoms with E-state index in [1.165, 1.54) is 128 Å². The van der Waals surface area contributed by atoms with E-state index in [1.54, 1.807) is 0 Å². The van der Waals surface area contributed by atoms with Gasteiger partial charge in [-0.15, -0.1) is 0 Å². The molecule has 4 nitrogen and oxygen atoms in total. The number of ether oxygens (including phenoxy) is 2. The molecule has 0 aromatic rings. The minimum Gasteiger partial charge on any atom is -0.457 e. The number of allylic oxidation sites excluding steroid dienone is 2. The first kappa shape index (κ1) is 36.1. The van der Waals surface area contributed by atoms with Gasteiger partial charge in [-0.1, -0.05) is 135 Å². The molecule has 0 aromatic heterocycles. The number of rotatable bonds is 30. The van der Waals surface area contributed by atoms with Gasteiger partial charge in [-0.3, -0.25) is 4.79 Å². The highest BCUT2D eigenvalue weighted by molar-refractivity contribution is 5.69. The molecule has 1 atom stereocenters. The van der Waals surface area contributed by atoms with Gasteiger partial charge in [0, 0.05) is 13.0 Å². The van der Waals surface area contributed by atoms with Gasteiger partial charge in [0.05, 0.1) is 13.2 Å². The quantitative estimate of drug-likeness (QED) is 0.0577. The molecular formula is C33H64O4. The molecule has 0 saturated carbocycles. The summed E-state index contributed by atoms with van der Waals surface area (Å²) in [6, 6.07) is 0. The third-order valence-electron chi connectivity index (χ3n) is 7.09. The smallest absolute Gasteiger partial charge is 0.306 e. The van der Waals surface area contributed by atoms with Crippen LogP contribution in [0.5, 0.6) is 0 Å². The molecule has 0 heterocycles.